The van der Waals surface area contributed by atoms with Crippen LogP contribution in [0.25, 0.3) is 0 Å². The van der Waals surface area contributed by atoms with Gasteiger partial charge in [0.05, 0.1) is 6.61 Å². The zero-order valence-corrected chi connectivity index (χ0v) is 13.8. The van der Waals surface area contributed by atoms with E-state index in [1.165, 1.54) is 6.92 Å². The highest BCUT2D eigenvalue weighted by Gasteiger charge is 2.25. The van der Waals surface area contributed by atoms with E-state index in [4.69, 9.17) is 9.47 Å². The van der Waals surface area contributed by atoms with Gasteiger partial charge < -0.3 is 9.47 Å². The van der Waals surface area contributed by atoms with Crippen LogP contribution in [0.1, 0.15) is 31.9 Å². The third kappa shape index (κ3) is 3.81. The van der Waals surface area contributed by atoms with E-state index in [9.17, 15) is 4.79 Å². The van der Waals surface area contributed by atoms with Crippen molar-refractivity contribution < 1.29 is 14.3 Å². The number of carbonyl (C=O) groups excluding carboxylic acids is 1. The number of hydrogen-bond acceptors (Lipinski definition) is 3. The zero-order valence-electron chi connectivity index (χ0n) is 13.8. The molecule has 0 aromatic heterocycles. The van der Waals surface area contributed by atoms with Crippen LogP contribution in [0.3, 0.4) is 0 Å². The van der Waals surface area contributed by atoms with Crippen LogP contribution in [0.5, 0.6) is 11.5 Å². The molecule has 23 heavy (non-hydrogen) atoms. The summed E-state index contributed by atoms with van der Waals surface area (Å²) in [4.78, 5) is 11.0. The molecule has 0 spiro atoms. The summed E-state index contributed by atoms with van der Waals surface area (Å²) in [6.45, 7) is 10.1. The second kappa shape index (κ2) is 7.14. The summed E-state index contributed by atoms with van der Waals surface area (Å²) in [6, 6.07) is 15.5. The molecule has 0 aliphatic heterocycles. The average Bonchev–Trinajstić information content (AvgIpc) is 2.55. The van der Waals surface area contributed by atoms with Crippen molar-refractivity contribution in [3.05, 3.63) is 72.3 Å². The molecule has 120 valence electrons. The van der Waals surface area contributed by atoms with Crippen molar-refractivity contribution in [2.75, 3.05) is 6.61 Å². The lowest BCUT2D eigenvalue weighted by molar-refractivity contribution is -0.131. The first-order valence-corrected chi connectivity index (χ1v) is 7.65. The summed E-state index contributed by atoms with van der Waals surface area (Å²) >= 11 is 0. The second-order valence-corrected chi connectivity index (χ2v) is 5.48. The monoisotopic (exact) mass is 310 g/mol. The van der Waals surface area contributed by atoms with Crippen molar-refractivity contribution in [3.8, 4) is 11.5 Å². The van der Waals surface area contributed by atoms with Crippen LogP contribution in [0, 0.1) is 0 Å². The van der Waals surface area contributed by atoms with Crippen LogP contribution in [-0.2, 0) is 10.2 Å². The van der Waals surface area contributed by atoms with Gasteiger partial charge in [0.1, 0.15) is 11.5 Å². The first-order valence-electron chi connectivity index (χ1n) is 7.65. The molecule has 3 heteroatoms. The highest BCUT2D eigenvalue weighted by molar-refractivity contribution is 5.69. The Kier molecular flexibility index (Phi) is 5.22. The average molecular weight is 310 g/mol. The maximum Gasteiger partial charge on any atom is 0.308 e. The normalized spacial score (nSPS) is 13.0. The fraction of sp³-hybridized carbons (Fsp3) is 0.250. The Bertz CT molecular complexity index is 671. The molecule has 2 aromatic rings. The molecule has 0 bridgehead atoms. The molecule has 0 N–H and O–H groups in total. The van der Waals surface area contributed by atoms with Crippen molar-refractivity contribution in [2.24, 2.45) is 0 Å². The largest absolute Gasteiger partial charge is 0.494 e. The molecule has 0 radical (unpaired) electrons. The van der Waals surface area contributed by atoms with E-state index in [1.807, 2.05) is 49.4 Å². The van der Waals surface area contributed by atoms with E-state index in [0.29, 0.717) is 12.4 Å². The van der Waals surface area contributed by atoms with Crippen LogP contribution in [0.4, 0.5) is 0 Å². The van der Waals surface area contributed by atoms with E-state index in [2.05, 4.69) is 13.5 Å². The highest BCUT2D eigenvalue weighted by atomic mass is 16.5. The minimum atomic E-state index is -0.334. The Balaban J connectivity index is 2.32. The minimum Gasteiger partial charge on any atom is -0.494 e. The first kappa shape index (κ1) is 16.8. The van der Waals surface area contributed by atoms with Gasteiger partial charge in [0.2, 0.25) is 0 Å². The molecule has 0 saturated heterocycles. The number of benzene rings is 2. The minimum absolute atomic E-state index is 0.323. The van der Waals surface area contributed by atoms with Crippen LogP contribution >= 0.6 is 0 Å². The number of esters is 1. The molecule has 0 aliphatic rings. The number of ether oxygens (including phenoxy) is 2. The van der Waals surface area contributed by atoms with Gasteiger partial charge in [-0.15, -0.1) is 6.58 Å². The molecule has 1 unspecified atom stereocenters. The predicted octanol–water partition coefficient (Wildman–Crippen LogP) is 4.50. The Labute approximate surface area is 137 Å². The standard InChI is InChI=1S/C20H22O3/c1-5-20(4,16-7-11-18(12-8-16)22-6-2)17-9-13-19(14-10-17)23-15(3)21/h5,7-14H,1,6H2,2-4H3. The van der Waals surface area contributed by atoms with Crippen LogP contribution < -0.4 is 9.47 Å². The molecule has 3 nitrogen and oxygen atoms in total. The van der Waals surface area contributed by atoms with Crippen LogP contribution in [-0.4, -0.2) is 12.6 Å². The van der Waals surface area contributed by atoms with Gasteiger partial charge in [-0.25, -0.2) is 0 Å². The SMILES string of the molecule is C=CC(C)(c1ccc(OCC)cc1)c1ccc(OC(C)=O)cc1. The molecule has 2 rings (SSSR count). The summed E-state index contributed by atoms with van der Waals surface area (Å²) in [7, 11) is 0. The third-order valence-electron chi connectivity index (χ3n) is 3.89. The number of allylic oxidation sites excluding steroid dienone is 1. The molecular weight excluding hydrogens is 288 g/mol. The number of carbonyl (C=O) groups is 1. The van der Waals surface area contributed by atoms with Gasteiger partial charge in [-0.3, -0.25) is 4.79 Å². The van der Waals surface area contributed by atoms with Crippen molar-refractivity contribution in [2.45, 2.75) is 26.2 Å². The lowest BCUT2D eigenvalue weighted by atomic mass is 9.76. The van der Waals surface area contributed by atoms with Gasteiger partial charge in [-0.2, -0.15) is 0 Å². The van der Waals surface area contributed by atoms with Crippen LogP contribution in [0.2, 0.25) is 0 Å². The molecule has 1 atom stereocenters. The van der Waals surface area contributed by atoms with Gasteiger partial charge >= 0.3 is 5.97 Å². The summed E-state index contributed by atoms with van der Waals surface area (Å²) in [5.41, 5.74) is 1.86. The van der Waals surface area contributed by atoms with Gasteiger partial charge in [0.25, 0.3) is 0 Å². The van der Waals surface area contributed by atoms with E-state index < -0.39 is 0 Å². The maximum atomic E-state index is 11.0. The Hall–Kier alpha value is -2.55. The topological polar surface area (TPSA) is 35.5 Å². The van der Waals surface area contributed by atoms with Gasteiger partial charge in [0.15, 0.2) is 0 Å². The quantitative estimate of drug-likeness (QED) is 0.447. The maximum absolute atomic E-state index is 11.0. The molecule has 0 heterocycles. The number of hydrogen-bond donors (Lipinski definition) is 0. The Morgan fingerprint density at radius 3 is 1.91 bits per heavy atom. The summed E-state index contributed by atoms with van der Waals surface area (Å²) in [5.74, 6) is 1.07. The van der Waals surface area contributed by atoms with Crippen molar-refractivity contribution in [1.82, 2.24) is 0 Å². The number of rotatable bonds is 6. The van der Waals surface area contributed by atoms with Crippen molar-refractivity contribution in [1.29, 1.82) is 0 Å². The summed E-state index contributed by atoms with van der Waals surface area (Å²) in [6.07, 6.45) is 1.92. The summed E-state index contributed by atoms with van der Waals surface area (Å²) in [5, 5.41) is 0. The van der Waals surface area contributed by atoms with E-state index in [0.717, 1.165) is 16.9 Å². The second-order valence-electron chi connectivity index (χ2n) is 5.48. The van der Waals surface area contributed by atoms with E-state index in [-0.39, 0.29) is 11.4 Å². The lowest BCUT2D eigenvalue weighted by Crippen LogP contribution is -2.20. The fourth-order valence-electron chi connectivity index (χ4n) is 2.50. The van der Waals surface area contributed by atoms with Crippen molar-refractivity contribution in [3.63, 3.8) is 0 Å². The summed E-state index contributed by atoms with van der Waals surface area (Å²) < 4.78 is 10.6. The predicted molar refractivity (Wildman–Crippen MR) is 92.0 cm³/mol. The fourth-order valence-corrected chi connectivity index (χ4v) is 2.50. The highest BCUT2D eigenvalue weighted by Crippen LogP contribution is 2.34. The van der Waals surface area contributed by atoms with Crippen LogP contribution in [0.15, 0.2) is 61.2 Å². The van der Waals surface area contributed by atoms with Gasteiger partial charge in [-0.05, 0) is 49.2 Å². The zero-order chi connectivity index (χ0) is 16.9. The molecule has 2 aromatic carbocycles. The van der Waals surface area contributed by atoms with Crippen molar-refractivity contribution >= 4 is 5.97 Å². The lowest BCUT2D eigenvalue weighted by Gasteiger charge is -2.27. The third-order valence-corrected chi connectivity index (χ3v) is 3.89. The molecule has 0 saturated carbocycles. The van der Waals surface area contributed by atoms with Gasteiger partial charge in [-0.1, -0.05) is 30.3 Å². The Morgan fingerprint density at radius 2 is 1.52 bits per heavy atom. The Morgan fingerprint density at radius 1 is 1.04 bits per heavy atom. The molecule has 0 aliphatic carbocycles. The smallest absolute Gasteiger partial charge is 0.308 e. The van der Waals surface area contributed by atoms with Gasteiger partial charge in [0, 0.05) is 12.3 Å². The molecule has 0 fully saturated rings. The first-order chi connectivity index (χ1) is 11.0. The molecular formula is C20H22O3. The van der Waals surface area contributed by atoms with E-state index >= 15 is 0 Å². The van der Waals surface area contributed by atoms with E-state index in [1.54, 1.807) is 12.1 Å². The molecule has 0 amide bonds.